The molecule has 0 aliphatic rings. The molecule has 13 nitrogen and oxygen atoms in total. The van der Waals surface area contributed by atoms with E-state index in [0.29, 0.717) is 26.6 Å². The van der Waals surface area contributed by atoms with Crippen LogP contribution in [0.4, 0.5) is 39.5 Å². The van der Waals surface area contributed by atoms with Crippen molar-refractivity contribution in [2.45, 2.75) is 12.7 Å². The predicted octanol–water partition coefficient (Wildman–Crippen LogP) is 3.02. The van der Waals surface area contributed by atoms with E-state index in [1.54, 1.807) is 31.1 Å². The molecule has 0 radical (unpaired) electrons. The lowest BCUT2D eigenvalue weighted by molar-refractivity contribution is -0.138. The van der Waals surface area contributed by atoms with Crippen LogP contribution in [-0.4, -0.2) is 70.8 Å². The van der Waals surface area contributed by atoms with Crippen LogP contribution in [-0.2, 0) is 12.7 Å². The highest BCUT2D eigenvalue weighted by Crippen LogP contribution is 2.33. The van der Waals surface area contributed by atoms with Gasteiger partial charge in [-0.1, -0.05) is 6.07 Å². The Labute approximate surface area is 259 Å². The molecule has 2 aromatic carbocycles. The predicted molar refractivity (Wildman–Crippen MR) is 163 cm³/mol. The first kappa shape index (κ1) is 33.3. The lowest BCUT2D eigenvalue weighted by Gasteiger charge is -2.21. The van der Waals surface area contributed by atoms with Gasteiger partial charge >= 0.3 is 17.9 Å². The molecule has 0 unspecified atom stereocenters. The standard InChI is InChI=1S/C29H29F4N9O4/c1-35-27(44)37-17-10-8-16(9-11-17)36-21(15-40(2)3)24-25(34)41(14-18-19(29(31,32)33)6-5-7-20(18)30)28(45)42(26(24)43)22-12-13-23(46-4)39-38-22/h5-13H,14-15,34H2,1-4H3,(H2,35,37,44). The van der Waals surface area contributed by atoms with Gasteiger partial charge in [0.2, 0.25) is 5.88 Å². The highest BCUT2D eigenvalue weighted by molar-refractivity contribution is 6.06. The number of rotatable bonds is 9. The van der Waals surface area contributed by atoms with E-state index in [4.69, 9.17) is 10.5 Å². The lowest BCUT2D eigenvalue weighted by atomic mass is 10.1. The fraction of sp³-hybridized carbons (Fsp3) is 0.241. The average molecular weight is 644 g/mol. The van der Waals surface area contributed by atoms with E-state index in [9.17, 15) is 31.9 Å². The smallest absolute Gasteiger partial charge is 0.416 e. The topological polar surface area (TPSA) is 162 Å². The molecule has 4 N–H and O–H groups in total. The Hall–Kier alpha value is -5.58. The van der Waals surface area contributed by atoms with E-state index >= 15 is 0 Å². The summed E-state index contributed by atoms with van der Waals surface area (Å²) in [5, 5.41) is 12.7. The van der Waals surface area contributed by atoms with Gasteiger partial charge in [0.1, 0.15) is 17.2 Å². The summed E-state index contributed by atoms with van der Waals surface area (Å²) >= 11 is 0. The molecule has 0 aliphatic heterocycles. The number of urea groups is 1. The Bertz CT molecular complexity index is 1890. The molecule has 0 fully saturated rings. The van der Waals surface area contributed by atoms with Crippen molar-refractivity contribution in [1.82, 2.24) is 29.5 Å². The Morgan fingerprint density at radius 2 is 1.76 bits per heavy atom. The van der Waals surface area contributed by atoms with Gasteiger partial charge in [-0.05, 0) is 56.6 Å². The number of hydrogen-bond donors (Lipinski definition) is 3. The van der Waals surface area contributed by atoms with Crippen molar-refractivity contribution in [2.24, 2.45) is 4.99 Å². The lowest BCUT2D eigenvalue weighted by Crippen LogP contribution is -2.45. The fourth-order valence-electron chi connectivity index (χ4n) is 4.42. The molecule has 46 heavy (non-hydrogen) atoms. The summed E-state index contributed by atoms with van der Waals surface area (Å²) in [5.74, 6) is -2.04. The molecule has 0 bridgehead atoms. The number of nitrogens with one attached hydrogen (secondary N) is 2. The van der Waals surface area contributed by atoms with Crippen molar-refractivity contribution in [3.8, 4) is 11.7 Å². The van der Waals surface area contributed by atoms with Gasteiger partial charge in [0.05, 0.1) is 30.6 Å². The molecule has 0 atom stereocenters. The van der Waals surface area contributed by atoms with Crippen molar-refractivity contribution < 1.29 is 27.1 Å². The van der Waals surface area contributed by atoms with Crippen molar-refractivity contribution in [3.05, 3.63) is 97.9 Å². The number of amides is 2. The zero-order valence-corrected chi connectivity index (χ0v) is 25.0. The van der Waals surface area contributed by atoms with Crippen molar-refractivity contribution >= 4 is 28.9 Å². The Balaban J connectivity index is 2.01. The first-order valence-corrected chi connectivity index (χ1v) is 13.4. The SMILES string of the molecule is CNC(=O)Nc1ccc(N=C(CN(C)C)c2c(N)n(Cc3c(F)cccc3C(F)(F)F)c(=O)n(-c3ccc(OC)nn3)c2=O)cc1. The van der Waals surface area contributed by atoms with Gasteiger partial charge in [0.25, 0.3) is 5.56 Å². The normalized spacial score (nSPS) is 11.9. The van der Waals surface area contributed by atoms with Crippen LogP contribution in [0.2, 0.25) is 0 Å². The molecule has 2 amide bonds. The molecule has 0 saturated carbocycles. The van der Waals surface area contributed by atoms with Crippen LogP contribution in [0.15, 0.2) is 69.2 Å². The number of nitrogen functional groups attached to an aromatic ring is 1. The number of ether oxygens (including phenoxy) is 1. The third-order valence-corrected chi connectivity index (χ3v) is 6.56. The quantitative estimate of drug-likeness (QED) is 0.185. The number of carbonyl (C=O) groups is 1. The molecule has 4 aromatic rings. The van der Waals surface area contributed by atoms with Crippen LogP contribution in [0.25, 0.3) is 5.82 Å². The Kier molecular flexibility index (Phi) is 9.85. The minimum absolute atomic E-state index is 0.0214. The molecule has 4 rings (SSSR count). The molecule has 2 aromatic heterocycles. The van der Waals surface area contributed by atoms with Gasteiger partial charge < -0.3 is 26.0 Å². The summed E-state index contributed by atoms with van der Waals surface area (Å²) in [6, 6.07) is 10.7. The van der Waals surface area contributed by atoms with Crippen molar-refractivity contribution in [1.29, 1.82) is 0 Å². The van der Waals surface area contributed by atoms with Crippen LogP contribution in [0.5, 0.6) is 5.88 Å². The number of hydrogen-bond acceptors (Lipinski definition) is 9. The minimum Gasteiger partial charge on any atom is -0.480 e. The number of anilines is 2. The number of benzene rings is 2. The van der Waals surface area contributed by atoms with Crippen molar-refractivity contribution in [2.75, 3.05) is 45.8 Å². The van der Waals surface area contributed by atoms with E-state index in [-0.39, 0.29) is 29.5 Å². The number of aromatic nitrogens is 4. The van der Waals surface area contributed by atoms with E-state index in [2.05, 4.69) is 25.8 Å². The number of likely N-dealkylation sites (N-methyl/N-ethyl adjacent to an activating group) is 1. The van der Waals surface area contributed by atoms with Gasteiger partial charge in [0, 0.05) is 30.9 Å². The Morgan fingerprint density at radius 3 is 2.33 bits per heavy atom. The summed E-state index contributed by atoms with van der Waals surface area (Å²) in [5.41, 5.74) is 2.42. The first-order valence-electron chi connectivity index (χ1n) is 13.4. The van der Waals surface area contributed by atoms with Crippen LogP contribution in [0, 0.1) is 5.82 Å². The van der Waals surface area contributed by atoms with Gasteiger partial charge in [-0.15, -0.1) is 10.2 Å². The van der Waals surface area contributed by atoms with Crippen LogP contribution >= 0.6 is 0 Å². The number of methoxy groups -OCH3 is 1. The molecule has 17 heteroatoms. The fourth-order valence-corrected chi connectivity index (χ4v) is 4.42. The summed E-state index contributed by atoms with van der Waals surface area (Å²) < 4.78 is 62.9. The summed E-state index contributed by atoms with van der Waals surface area (Å²) in [6.45, 7) is -1.02. The van der Waals surface area contributed by atoms with Gasteiger partial charge in [-0.2, -0.15) is 13.2 Å². The highest BCUT2D eigenvalue weighted by atomic mass is 19.4. The van der Waals surface area contributed by atoms with E-state index in [1.807, 2.05) is 0 Å². The maximum absolute atomic E-state index is 14.9. The maximum Gasteiger partial charge on any atom is 0.416 e. The summed E-state index contributed by atoms with van der Waals surface area (Å²) in [4.78, 5) is 45.7. The highest BCUT2D eigenvalue weighted by Gasteiger charge is 2.35. The van der Waals surface area contributed by atoms with Crippen molar-refractivity contribution in [3.63, 3.8) is 0 Å². The molecule has 0 spiro atoms. The average Bonchev–Trinajstić information content (AvgIpc) is 3.00. The Morgan fingerprint density at radius 1 is 1.07 bits per heavy atom. The zero-order chi connectivity index (χ0) is 33.8. The zero-order valence-electron chi connectivity index (χ0n) is 25.0. The summed E-state index contributed by atoms with van der Waals surface area (Å²) in [6.07, 6.45) is -4.97. The van der Waals surface area contributed by atoms with Gasteiger partial charge in [-0.3, -0.25) is 14.4 Å². The van der Waals surface area contributed by atoms with Gasteiger partial charge in [-0.25, -0.2) is 18.5 Å². The first-order chi connectivity index (χ1) is 21.7. The number of nitrogens with zero attached hydrogens (tertiary/aromatic N) is 6. The molecule has 0 saturated heterocycles. The van der Waals surface area contributed by atoms with E-state index < -0.39 is 52.8 Å². The largest absolute Gasteiger partial charge is 0.480 e. The maximum atomic E-state index is 14.9. The van der Waals surface area contributed by atoms with Crippen LogP contribution in [0.1, 0.15) is 16.7 Å². The molecular weight excluding hydrogens is 614 g/mol. The van der Waals surface area contributed by atoms with E-state index in [0.717, 1.165) is 12.1 Å². The summed E-state index contributed by atoms with van der Waals surface area (Å²) in [7, 11) is 6.11. The second kappa shape index (κ2) is 13.6. The number of aliphatic imine (C=N–C) groups is 1. The molecule has 2 heterocycles. The third kappa shape index (κ3) is 7.20. The number of carbonyl (C=O) groups excluding carboxylic acids is 1. The monoisotopic (exact) mass is 643 g/mol. The van der Waals surface area contributed by atoms with E-state index in [1.165, 1.54) is 38.4 Å². The minimum atomic E-state index is -4.97. The molecule has 242 valence electrons. The number of halogens is 4. The third-order valence-electron chi connectivity index (χ3n) is 6.56. The number of alkyl halides is 3. The molecule has 0 aliphatic carbocycles. The second-order valence-electron chi connectivity index (χ2n) is 10.0. The molecular formula is C29H29F4N9O4. The van der Waals surface area contributed by atoms with Gasteiger partial charge in [0.15, 0.2) is 5.82 Å². The van der Waals surface area contributed by atoms with Crippen LogP contribution < -0.4 is 32.4 Å². The second-order valence-corrected chi connectivity index (χ2v) is 10.0. The van der Waals surface area contributed by atoms with Crippen LogP contribution in [0.3, 0.4) is 0 Å². The number of nitrogens with two attached hydrogens (primary N) is 1.